The summed E-state index contributed by atoms with van der Waals surface area (Å²) in [5.74, 6) is -1.03. The molecule has 2 fully saturated rings. The maximum atomic E-state index is 13.8. The van der Waals surface area contributed by atoms with Crippen molar-refractivity contribution in [2.75, 3.05) is 11.9 Å². The van der Waals surface area contributed by atoms with E-state index >= 15 is 0 Å². The number of anilines is 1. The minimum absolute atomic E-state index is 0.0743. The number of benzene rings is 1. The molecule has 6 heteroatoms. The second kappa shape index (κ2) is 3.69. The normalized spacial score (nSPS) is 28.5. The standard InChI is InChI=1S/C12H10FNO4/c13-8-3-5(14-12(16)17)1-2-6(8)9-7-4-18-11(15)10(7)9/h1-3,7,9-10,14H,4H2,(H,16,17). The minimum Gasteiger partial charge on any atom is -0.465 e. The summed E-state index contributed by atoms with van der Waals surface area (Å²) in [7, 11) is 0. The smallest absolute Gasteiger partial charge is 0.409 e. The highest BCUT2D eigenvalue weighted by Gasteiger charge is 2.61. The zero-order chi connectivity index (χ0) is 12.9. The van der Waals surface area contributed by atoms with E-state index in [-0.39, 0.29) is 29.4 Å². The lowest BCUT2D eigenvalue weighted by Gasteiger charge is -2.08. The number of hydrogen-bond donors (Lipinski definition) is 2. The van der Waals surface area contributed by atoms with Crippen LogP contribution in [0.1, 0.15) is 11.5 Å². The first-order valence-corrected chi connectivity index (χ1v) is 5.54. The lowest BCUT2D eigenvalue weighted by molar-refractivity contribution is -0.141. The number of carbonyl (C=O) groups excluding carboxylic acids is 1. The Labute approximate surface area is 102 Å². The molecule has 3 unspecified atom stereocenters. The Kier molecular flexibility index (Phi) is 2.26. The van der Waals surface area contributed by atoms with Crippen LogP contribution in [0, 0.1) is 17.7 Å². The van der Waals surface area contributed by atoms with Crippen molar-refractivity contribution in [3.8, 4) is 0 Å². The van der Waals surface area contributed by atoms with E-state index < -0.39 is 11.9 Å². The van der Waals surface area contributed by atoms with Gasteiger partial charge in [0.05, 0.1) is 12.5 Å². The molecule has 94 valence electrons. The molecule has 18 heavy (non-hydrogen) atoms. The fourth-order valence-corrected chi connectivity index (χ4v) is 2.60. The second-order valence-corrected chi connectivity index (χ2v) is 4.51. The molecule has 1 heterocycles. The number of rotatable bonds is 2. The van der Waals surface area contributed by atoms with Gasteiger partial charge in [-0.1, -0.05) is 6.07 Å². The van der Waals surface area contributed by atoms with Crippen LogP contribution in [-0.2, 0) is 9.53 Å². The molecular weight excluding hydrogens is 241 g/mol. The van der Waals surface area contributed by atoms with Crippen LogP contribution >= 0.6 is 0 Å². The van der Waals surface area contributed by atoms with Gasteiger partial charge in [0.2, 0.25) is 0 Å². The van der Waals surface area contributed by atoms with E-state index in [1.165, 1.54) is 12.1 Å². The number of fused-ring (bicyclic) bond motifs is 1. The van der Waals surface area contributed by atoms with Gasteiger partial charge in [0.25, 0.3) is 0 Å². The SMILES string of the molecule is O=C(O)Nc1ccc(C2C3COC(=O)C32)c(F)c1. The molecule has 1 saturated heterocycles. The summed E-state index contributed by atoms with van der Waals surface area (Å²) >= 11 is 0. The van der Waals surface area contributed by atoms with Crippen molar-refractivity contribution in [1.29, 1.82) is 0 Å². The van der Waals surface area contributed by atoms with Gasteiger partial charge in [0.15, 0.2) is 0 Å². The summed E-state index contributed by atoms with van der Waals surface area (Å²) in [6.45, 7) is 0.350. The molecule has 2 N–H and O–H groups in total. The monoisotopic (exact) mass is 251 g/mol. The molecule has 1 aliphatic heterocycles. The summed E-state index contributed by atoms with van der Waals surface area (Å²) in [6.07, 6.45) is -1.24. The number of cyclic esters (lactones) is 1. The van der Waals surface area contributed by atoms with Gasteiger partial charge in [-0.25, -0.2) is 9.18 Å². The lowest BCUT2D eigenvalue weighted by Crippen LogP contribution is -2.08. The lowest BCUT2D eigenvalue weighted by atomic mass is 10.1. The number of nitrogens with one attached hydrogen (secondary N) is 1. The number of hydrogen-bond acceptors (Lipinski definition) is 3. The first kappa shape index (κ1) is 11.0. The van der Waals surface area contributed by atoms with Gasteiger partial charge < -0.3 is 9.84 Å². The average Bonchev–Trinajstić information content (AvgIpc) is 2.87. The predicted octanol–water partition coefficient (Wildman–Crippen LogP) is 1.80. The van der Waals surface area contributed by atoms with Gasteiger partial charge in [0.1, 0.15) is 5.82 Å². The fraction of sp³-hybridized carbons (Fsp3) is 0.333. The molecule has 1 aliphatic carbocycles. The maximum absolute atomic E-state index is 13.8. The second-order valence-electron chi connectivity index (χ2n) is 4.51. The molecular formula is C12H10FNO4. The maximum Gasteiger partial charge on any atom is 0.409 e. The molecule has 1 aromatic rings. The quantitative estimate of drug-likeness (QED) is 0.786. The Bertz CT molecular complexity index is 545. The summed E-state index contributed by atoms with van der Waals surface area (Å²) in [4.78, 5) is 21.7. The molecule has 0 bridgehead atoms. The first-order valence-electron chi connectivity index (χ1n) is 5.54. The van der Waals surface area contributed by atoms with Gasteiger partial charge in [-0.05, 0) is 17.7 Å². The van der Waals surface area contributed by atoms with Crippen LogP contribution in [0.15, 0.2) is 18.2 Å². The van der Waals surface area contributed by atoms with Crippen LogP contribution in [0.2, 0.25) is 0 Å². The summed E-state index contributed by atoms with van der Waals surface area (Å²) in [6, 6.07) is 4.14. The molecule has 1 saturated carbocycles. The molecule has 0 radical (unpaired) electrons. The first-order chi connectivity index (χ1) is 8.58. The Hall–Kier alpha value is -2.11. The fourth-order valence-electron chi connectivity index (χ4n) is 2.60. The van der Waals surface area contributed by atoms with E-state index in [4.69, 9.17) is 9.84 Å². The van der Waals surface area contributed by atoms with E-state index in [1.807, 2.05) is 0 Å². The molecule has 2 aliphatic rings. The number of halogens is 1. The minimum atomic E-state index is -1.24. The number of carboxylic acid groups (broad SMARTS) is 1. The molecule has 1 amide bonds. The van der Waals surface area contributed by atoms with Gasteiger partial charge in [0, 0.05) is 17.5 Å². The highest BCUT2D eigenvalue weighted by molar-refractivity contribution is 5.83. The number of carbonyl (C=O) groups is 2. The van der Waals surface area contributed by atoms with Crippen LogP contribution in [0.5, 0.6) is 0 Å². The van der Waals surface area contributed by atoms with Crippen molar-refractivity contribution in [1.82, 2.24) is 0 Å². The zero-order valence-electron chi connectivity index (χ0n) is 9.22. The molecule has 0 spiro atoms. The van der Waals surface area contributed by atoms with Crippen LogP contribution in [0.3, 0.4) is 0 Å². The Morgan fingerprint density at radius 1 is 1.44 bits per heavy atom. The molecule has 0 aromatic heterocycles. The van der Waals surface area contributed by atoms with Crippen molar-refractivity contribution in [3.63, 3.8) is 0 Å². The number of esters is 1. The highest BCUT2D eigenvalue weighted by atomic mass is 19.1. The third-order valence-electron chi connectivity index (χ3n) is 3.47. The van der Waals surface area contributed by atoms with Gasteiger partial charge in [-0.3, -0.25) is 10.1 Å². The van der Waals surface area contributed by atoms with E-state index in [2.05, 4.69) is 5.32 Å². The van der Waals surface area contributed by atoms with Crippen molar-refractivity contribution < 1.29 is 23.8 Å². The van der Waals surface area contributed by atoms with Crippen molar-refractivity contribution in [2.24, 2.45) is 11.8 Å². The van der Waals surface area contributed by atoms with E-state index in [0.29, 0.717) is 12.2 Å². The largest absolute Gasteiger partial charge is 0.465 e. The average molecular weight is 251 g/mol. The Morgan fingerprint density at radius 3 is 2.78 bits per heavy atom. The molecule has 5 nitrogen and oxygen atoms in total. The topological polar surface area (TPSA) is 75.6 Å². The van der Waals surface area contributed by atoms with Gasteiger partial charge >= 0.3 is 12.1 Å². The Morgan fingerprint density at radius 2 is 2.22 bits per heavy atom. The number of amides is 1. The summed E-state index contributed by atoms with van der Waals surface area (Å²) in [5, 5.41) is 10.6. The van der Waals surface area contributed by atoms with E-state index in [1.54, 1.807) is 0 Å². The van der Waals surface area contributed by atoms with Gasteiger partial charge in [-0.2, -0.15) is 0 Å². The third kappa shape index (κ3) is 1.61. The van der Waals surface area contributed by atoms with Crippen molar-refractivity contribution in [2.45, 2.75) is 5.92 Å². The Balaban J connectivity index is 1.82. The third-order valence-corrected chi connectivity index (χ3v) is 3.47. The van der Waals surface area contributed by atoms with Crippen LogP contribution in [0.4, 0.5) is 14.9 Å². The van der Waals surface area contributed by atoms with Crippen molar-refractivity contribution >= 4 is 17.7 Å². The predicted molar refractivity (Wildman–Crippen MR) is 58.7 cm³/mol. The summed E-state index contributed by atoms with van der Waals surface area (Å²) < 4.78 is 18.7. The van der Waals surface area contributed by atoms with Crippen molar-refractivity contribution in [3.05, 3.63) is 29.6 Å². The number of ether oxygens (including phenoxy) is 1. The van der Waals surface area contributed by atoms with Gasteiger partial charge in [-0.15, -0.1) is 0 Å². The van der Waals surface area contributed by atoms with E-state index in [0.717, 1.165) is 6.07 Å². The van der Waals surface area contributed by atoms with E-state index in [9.17, 15) is 14.0 Å². The van der Waals surface area contributed by atoms with Crippen LogP contribution in [-0.4, -0.2) is 23.8 Å². The highest BCUT2D eigenvalue weighted by Crippen LogP contribution is 2.58. The van der Waals surface area contributed by atoms with Crippen LogP contribution < -0.4 is 5.32 Å². The molecule has 1 aromatic carbocycles. The summed E-state index contributed by atoms with van der Waals surface area (Å²) in [5.41, 5.74) is 0.634. The zero-order valence-corrected chi connectivity index (χ0v) is 9.22. The molecule has 3 rings (SSSR count). The molecule has 3 atom stereocenters. The van der Waals surface area contributed by atoms with Crippen LogP contribution in [0.25, 0.3) is 0 Å².